The van der Waals surface area contributed by atoms with Gasteiger partial charge in [-0.3, -0.25) is 0 Å². The Hall–Kier alpha value is -2.65. The molecule has 0 aliphatic carbocycles. The van der Waals surface area contributed by atoms with Crippen LogP contribution in [0, 0.1) is 0 Å². The van der Waals surface area contributed by atoms with Crippen molar-refractivity contribution in [3.8, 4) is 0 Å². The molecular formula is C20H19N3. The van der Waals surface area contributed by atoms with Crippen molar-refractivity contribution in [2.45, 2.75) is 0 Å². The molecular weight excluding hydrogens is 282 g/mol. The second-order valence-corrected chi connectivity index (χ2v) is 5.72. The molecule has 0 aliphatic heterocycles. The SMILES string of the molecule is CNCCNc1c2ccccc2nc2c1ccc1ccccc12. The van der Waals surface area contributed by atoms with E-state index in [4.69, 9.17) is 4.98 Å². The highest BCUT2D eigenvalue weighted by Gasteiger charge is 2.10. The molecule has 0 saturated heterocycles. The molecule has 0 amide bonds. The molecule has 3 aromatic carbocycles. The Morgan fingerprint density at radius 3 is 2.43 bits per heavy atom. The van der Waals surface area contributed by atoms with Crippen LogP contribution >= 0.6 is 0 Å². The molecule has 114 valence electrons. The highest BCUT2D eigenvalue weighted by atomic mass is 14.9. The van der Waals surface area contributed by atoms with Gasteiger partial charge in [0.2, 0.25) is 0 Å². The van der Waals surface area contributed by atoms with E-state index >= 15 is 0 Å². The smallest absolute Gasteiger partial charge is 0.0808 e. The maximum absolute atomic E-state index is 4.94. The van der Waals surface area contributed by atoms with Crippen LogP contribution in [0.3, 0.4) is 0 Å². The molecule has 0 fully saturated rings. The lowest BCUT2D eigenvalue weighted by atomic mass is 10.0. The first kappa shape index (κ1) is 14.0. The summed E-state index contributed by atoms with van der Waals surface area (Å²) in [5.41, 5.74) is 3.27. The van der Waals surface area contributed by atoms with Gasteiger partial charge in [-0.15, -0.1) is 0 Å². The van der Waals surface area contributed by atoms with Crippen molar-refractivity contribution < 1.29 is 0 Å². The number of hydrogen-bond donors (Lipinski definition) is 2. The zero-order chi connectivity index (χ0) is 15.6. The van der Waals surface area contributed by atoms with Gasteiger partial charge < -0.3 is 10.6 Å². The third-order valence-corrected chi connectivity index (χ3v) is 4.25. The van der Waals surface area contributed by atoms with Crippen molar-refractivity contribution in [1.29, 1.82) is 0 Å². The Labute approximate surface area is 135 Å². The van der Waals surface area contributed by atoms with Crippen LogP contribution < -0.4 is 10.6 Å². The molecule has 3 nitrogen and oxygen atoms in total. The molecule has 0 aliphatic rings. The molecule has 0 unspecified atom stereocenters. The van der Waals surface area contributed by atoms with E-state index in [0.717, 1.165) is 24.1 Å². The van der Waals surface area contributed by atoms with Crippen LogP contribution in [-0.4, -0.2) is 25.1 Å². The molecule has 3 heteroatoms. The first-order valence-corrected chi connectivity index (χ1v) is 7.97. The molecule has 1 aromatic heterocycles. The van der Waals surface area contributed by atoms with Gasteiger partial charge in [-0.25, -0.2) is 4.98 Å². The highest BCUT2D eigenvalue weighted by molar-refractivity contribution is 6.15. The molecule has 2 N–H and O–H groups in total. The van der Waals surface area contributed by atoms with Crippen molar-refractivity contribution >= 4 is 38.3 Å². The minimum Gasteiger partial charge on any atom is -0.383 e. The Bertz CT molecular complexity index is 992. The van der Waals surface area contributed by atoms with Crippen molar-refractivity contribution in [2.75, 3.05) is 25.5 Å². The fourth-order valence-corrected chi connectivity index (χ4v) is 3.13. The van der Waals surface area contributed by atoms with E-state index < -0.39 is 0 Å². The van der Waals surface area contributed by atoms with Gasteiger partial charge in [0.15, 0.2) is 0 Å². The summed E-state index contributed by atoms with van der Waals surface area (Å²) < 4.78 is 0. The Morgan fingerprint density at radius 1 is 0.783 bits per heavy atom. The summed E-state index contributed by atoms with van der Waals surface area (Å²) in [4.78, 5) is 4.94. The lowest BCUT2D eigenvalue weighted by Gasteiger charge is -2.14. The summed E-state index contributed by atoms with van der Waals surface area (Å²) in [5, 5.41) is 11.6. The Morgan fingerprint density at radius 2 is 1.57 bits per heavy atom. The molecule has 4 aromatic rings. The fourth-order valence-electron chi connectivity index (χ4n) is 3.13. The summed E-state index contributed by atoms with van der Waals surface area (Å²) in [7, 11) is 1.97. The number of aromatic nitrogens is 1. The summed E-state index contributed by atoms with van der Waals surface area (Å²) in [6, 6.07) is 21.1. The van der Waals surface area contributed by atoms with E-state index in [1.807, 2.05) is 13.1 Å². The van der Waals surface area contributed by atoms with Crippen molar-refractivity contribution in [2.24, 2.45) is 0 Å². The van der Waals surface area contributed by atoms with Crippen LogP contribution in [0.4, 0.5) is 5.69 Å². The first-order chi connectivity index (χ1) is 11.4. The standard InChI is InChI=1S/C20H19N3/c1-21-12-13-22-19-16-8-4-5-9-18(16)23-20-15-7-3-2-6-14(15)10-11-17(19)20/h2-11,21H,12-13H2,1H3,(H,22,23). The third kappa shape index (κ3) is 2.39. The molecule has 4 rings (SSSR count). The summed E-state index contributed by atoms with van der Waals surface area (Å²) in [6.45, 7) is 1.80. The summed E-state index contributed by atoms with van der Waals surface area (Å²) in [5.74, 6) is 0. The second kappa shape index (κ2) is 5.86. The van der Waals surface area contributed by atoms with Gasteiger partial charge in [0.25, 0.3) is 0 Å². The number of nitrogens with one attached hydrogen (secondary N) is 2. The fraction of sp³-hybridized carbons (Fsp3) is 0.150. The first-order valence-electron chi connectivity index (χ1n) is 7.97. The van der Waals surface area contributed by atoms with E-state index in [1.165, 1.54) is 27.2 Å². The van der Waals surface area contributed by atoms with Crippen LogP contribution in [0.1, 0.15) is 0 Å². The number of pyridine rings is 1. The molecule has 23 heavy (non-hydrogen) atoms. The van der Waals surface area contributed by atoms with Crippen molar-refractivity contribution in [3.63, 3.8) is 0 Å². The maximum atomic E-state index is 4.94. The average Bonchev–Trinajstić information content (AvgIpc) is 2.61. The van der Waals surface area contributed by atoms with E-state index in [0.29, 0.717) is 0 Å². The number of hydrogen-bond acceptors (Lipinski definition) is 3. The second-order valence-electron chi connectivity index (χ2n) is 5.72. The number of fused-ring (bicyclic) bond motifs is 4. The lowest BCUT2D eigenvalue weighted by molar-refractivity contribution is 0.825. The predicted molar refractivity (Wildman–Crippen MR) is 99.2 cm³/mol. The molecule has 0 radical (unpaired) electrons. The van der Waals surface area contributed by atoms with Crippen LogP contribution in [0.15, 0.2) is 60.7 Å². The topological polar surface area (TPSA) is 37.0 Å². The maximum Gasteiger partial charge on any atom is 0.0808 e. The van der Waals surface area contributed by atoms with Gasteiger partial charge >= 0.3 is 0 Å². The number of nitrogens with zero attached hydrogens (tertiary/aromatic N) is 1. The molecule has 0 bridgehead atoms. The van der Waals surface area contributed by atoms with Crippen LogP contribution in [0.5, 0.6) is 0 Å². The third-order valence-electron chi connectivity index (χ3n) is 4.25. The lowest BCUT2D eigenvalue weighted by Crippen LogP contribution is -2.18. The van der Waals surface area contributed by atoms with Gasteiger partial charge in [-0.2, -0.15) is 0 Å². The van der Waals surface area contributed by atoms with Gasteiger partial charge in [0.05, 0.1) is 16.7 Å². The Balaban J connectivity index is 2.06. The van der Waals surface area contributed by atoms with E-state index in [2.05, 4.69) is 65.2 Å². The Kier molecular flexibility index (Phi) is 3.56. The molecule has 1 heterocycles. The van der Waals surface area contributed by atoms with Crippen molar-refractivity contribution in [3.05, 3.63) is 60.7 Å². The van der Waals surface area contributed by atoms with E-state index in [9.17, 15) is 0 Å². The minimum absolute atomic E-state index is 0.881. The van der Waals surface area contributed by atoms with Crippen molar-refractivity contribution in [1.82, 2.24) is 10.3 Å². The molecule has 0 spiro atoms. The summed E-state index contributed by atoms with van der Waals surface area (Å²) >= 11 is 0. The molecule has 0 atom stereocenters. The largest absolute Gasteiger partial charge is 0.383 e. The van der Waals surface area contributed by atoms with Crippen LogP contribution in [-0.2, 0) is 0 Å². The zero-order valence-corrected chi connectivity index (χ0v) is 13.1. The average molecular weight is 301 g/mol. The zero-order valence-electron chi connectivity index (χ0n) is 13.1. The number of rotatable bonds is 4. The number of para-hydroxylation sites is 1. The van der Waals surface area contributed by atoms with E-state index in [-0.39, 0.29) is 0 Å². The highest BCUT2D eigenvalue weighted by Crippen LogP contribution is 2.34. The summed E-state index contributed by atoms with van der Waals surface area (Å²) in [6.07, 6.45) is 0. The van der Waals surface area contributed by atoms with E-state index in [1.54, 1.807) is 0 Å². The van der Waals surface area contributed by atoms with Gasteiger partial charge in [-0.1, -0.05) is 54.6 Å². The quantitative estimate of drug-likeness (QED) is 0.337. The predicted octanol–water partition coefficient (Wildman–Crippen LogP) is 4.17. The van der Waals surface area contributed by atoms with Crippen LogP contribution in [0.2, 0.25) is 0 Å². The van der Waals surface area contributed by atoms with Gasteiger partial charge in [0, 0.05) is 29.2 Å². The van der Waals surface area contributed by atoms with Gasteiger partial charge in [0.1, 0.15) is 0 Å². The number of likely N-dealkylation sites (N-methyl/N-ethyl adjacent to an activating group) is 1. The van der Waals surface area contributed by atoms with Gasteiger partial charge in [-0.05, 0) is 18.5 Å². The minimum atomic E-state index is 0.881. The monoisotopic (exact) mass is 301 g/mol. The molecule has 0 saturated carbocycles. The van der Waals surface area contributed by atoms with Crippen LogP contribution in [0.25, 0.3) is 32.6 Å². The normalized spacial score (nSPS) is 11.3. The number of anilines is 1. The number of benzene rings is 3.